The lowest BCUT2D eigenvalue weighted by Gasteiger charge is -2.15. The van der Waals surface area contributed by atoms with Crippen LogP contribution in [0.5, 0.6) is 0 Å². The Balaban J connectivity index is 3.68. The van der Waals surface area contributed by atoms with Gasteiger partial charge in [-0.2, -0.15) is 0 Å². The Bertz CT molecular complexity index is 161. The number of aliphatic carboxylic acids is 1. The lowest BCUT2D eigenvalue weighted by Crippen LogP contribution is -2.35. The molecule has 0 bridgehead atoms. The molecule has 0 aromatic carbocycles. The summed E-state index contributed by atoms with van der Waals surface area (Å²) in [6.45, 7) is 1.80. The number of hydrogen-bond donors (Lipinski definition) is 2. The molecule has 1 unspecified atom stereocenters. The molecule has 0 saturated heterocycles. The largest absolute Gasteiger partial charge is 0.480 e. The first-order valence-electron chi connectivity index (χ1n) is 3.65. The third kappa shape index (κ3) is 3.92. The smallest absolute Gasteiger partial charge is 0.320 e. The fourth-order valence-corrected chi connectivity index (χ4v) is 0.614. The monoisotopic (exact) mass is 174 g/mol. The Morgan fingerprint density at radius 1 is 1.58 bits per heavy atom. The Hall–Kier alpha value is -1.10. The number of carboxylic acids is 1. The van der Waals surface area contributed by atoms with E-state index >= 15 is 0 Å². The molecule has 5 heteroatoms. The number of rotatable bonds is 4. The summed E-state index contributed by atoms with van der Waals surface area (Å²) in [6, 6.07) is -0.883. The molecule has 1 atom stereocenters. The van der Waals surface area contributed by atoms with Crippen molar-refractivity contribution in [3.05, 3.63) is 0 Å². The Morgan fingerprint density at radius 2 is 2.08 bits per heavy atom. The minimum atomic E-state index is -1.04. The third-order valence-corrected chi connectivity index (χ3v) is 1.63. The van der Waals surface area contributed by atoms with Gasteiger partial charge in [-0.25, -0.2) is 0 Å². The fourth-order valence-electron chi connectivity index (χ4n) is 0.614. The van der Waals surface area contributed by atoms with Crippen LogP contribution in [0.15, 0.2) is 0 Å². The molecule has 70 valence electrons. The maximum absolute atomic E-state index is 10.7. The number of hydrogen-bond acceptors (Lipinski definition) is 3. The average molecular weight is 174 g/mol. The predicted molar refractivity (Wildman–Crippen MR) is 43.5 cm³/mol. The van der Waals surface area contributed by atoms with E-state index in [0.717, 1.165) is 0 Å². The number of carboxylic acid groups (broad SMARTS) is 1. The van der Waals surface area contributed by atoms with Gasteiger partial charge in [-0.05, 0) is 6.42 Å². The molecule has 0 aromatic rings. The van der Waals surface area contributed by atoms with Crippen molar-refractivity contribution in [1.82, 2.24) is 4.90 Å². The fraction of sp³-hybridized carbons (Fsp3) is 0.714. The highest BCUT2D eigenvalue weighted by atomic mass is 16.4. The molecule has 5 nitrogen and oxygen atoms in total. The lowest BCUT2D eigenvalue weighted by atomic mass is 10.2. The van der Waals surface area contributed by atoms with Gasteiger partial charge in [0.05, 0.1) is 0 Å². The van der Waals surface area contributed by atoms with Crippen molar-refractivity contribution in [2.75, 3.05) is 13.6 Å². The zero-order chi connectivity index (χ0) is 9.72. The molecule has 3 N–H and O–H groups in total. The molecule has 0 heterocycles. The molecule has 1 amide bonds. The van der Waals surface area contributed by atoms with E-state index < -0.39 is 12.0 Å². The van der Waals surface area contributed by atoms with Crippen LogP contribution in [0.25, 0.3) is 0 Å². The normalized spacial score (nSPS) is 12.2. The van der Waals surface area contributed by atoms with Gasteiger partial charge in [0.25, 0.3) is 0 Å². The summed E-state index contributed by atoms with van der Waals surface area (Å²) in [5.41, 5.74) is 5.23. The van der Waals surface area contributed by atoms with Crippen molar-refractivity contribution >= 4 is 11.9 Å². The first-order valence-corrected chi connectivity index (χ1v) is 3.65. The molecule has 0 aromatic heterocycles. The molecule has 0 aliphatic rings. The summed E-state index contributed by atoms with van der Waals surface area (Å²) in [6.07, 6.45) is 0.283. The summed E-state index contributed by atoms with van der Waals surface area (Å²) >= 11 is 0. The molecule has 0 saturated carbocycles. The van der Waals surface area contributed by atoms with Crippen LogP contribution >= 0.6 is 0 Å². The van der Waals surface area contributed by atoms with Crippen LogP contribution in [0.1, 0.15) is 13.3 Å². The van der Waals surface area contributed by atoms with Crippen LogP contribution in [0.4, 0.5) is 0 Å². The number of carbonyl (C=O) groups is 2. The number of nitrogens with zero attached hydrogens (tertiary/aromatic N) is 1. The first kappa shape index (κ1) is 10.9. The van der Waals surface area contributed by atoms with Gasteiger partial charge in [-0.1, -0.05) is 0 Å². The van der Waals surface area contributed by atoms with Gasteiger partial charge in [-0.3, -0.25) is 9.59 Å². The van der Waals surface area contributed by atoms with Crippen LogP contribution in [0.3, 0.4) is 0 Å². The SMILES string of the molecule is CC(=O)N(C)CCC(N)C(=O)O. The second kappa shape index (κ2) is 4.71. The van der Waals surface area contributed by atoms with Crippen LogP contribution in [0.2, 0.25) is 0 Å². The van der Waals surface area contributed by atoms with Crippen molar-refractivity contribution < 1.29 is 14.7 Å². The van der Waals surface area contributed by atoms with E-state index in [0.29, 0.717) is 6.54 Å². The van der Waals surface area contributed by atoms with Gasteiger partial charge in [0.1, 0.15) is 6.04 Å². The average Bonchev–Trinajstić information content (AvgIpc) is 1.98. The summed E-state index contributed by atoms with van der Waals surface area (Å²) in [7, 11) is 1.61. The second-order valence-corrected chi connectivity index (χ2v) is 2.67. The van der Waals surface area contributed by atoms with Gasteiger partial charge in [-0.15, -0.1) is 0 Å². The summed E-state index contributed by atoms with van der Waals surface area (Å²) in [5, 5.41) is 8.41. The van der Waals surface area contributed by atoms with Crippen molar-refractivity contribution in [1.29, 1.82) is 0 Å². The molecular weight excluding hydrogens is 160 g/mol. The summed E-state index contributed by atoms with van der Waals surface area (Å²) in [5.74, 6) is -1.13. The molecule has 0 radical (unpaired) electrons. The minimum Gasteiger partial charge on any atom is -0.480 e. The third-order valence-electron chi connectivity index (χ3n) is 1.63. The quantitative estimate of drug-likeness (QED) is 0.588. The zero-order valence-electron chi connectivity index (χ0n) is 7.28. The topological polar surface area (TPSA) is 83.6 Å². The molecular formula is C7H14N2O3. The standard InChI is InChI=1S/C7H14N2O3/c1-5(10)9(2)4-3-6(8)7(11)12/h6H,3-4,8H2,1-2H3,(H,11,12). The van der Waals surface area contributed by atoms with Crippen LogP contribution < -0.4 is 5.73 Å². The molecule has 0 fully saturated rings. The van der Waals surface area contributed by atoms with Crippen molar-refractivity contribution in [3.63, 3.8) is 0 Å². The van der Waals surface area contributed by atoms with Crippen molar-refractivity contribution in [3.8, 4) is 0 Å². The van der Waals surface area contributed by atoms with Gasteiger partial charge in [0.2, 0.25) is 5.91 Å². The van der Waals surface area contributed by atoms with Crippen LogP contribution in [0, 0.1) is 0 Å². The van der Waals surface area contributed by atoms with E-state index in [4.69, 9.17) is 10.8 Å². The van der Waals surface area contributed by atoms with Crippen LogP contribution in [-0.2, 0) is 9.59 Å². The molecule has 0 aliphatic carbocycles. The van der Waals surface area contributed by atoms with Crippen LogP contribution in [-0.4, -0.2) is 41.5 Å². The lowest BCUT2D eigenvalue weighted by molar-refractivity contribution is -0.139. The molecule has 12 heavy (non-hydrogen) atoms. The van der Waals surface area contributed by atoms with E-state index in [-0.39, 0.29) is 12.3 Å². The number of nitrogens with two attached hydrogens (primary N) is 1. The second-order valence-electron chi connectivity index (χ2n) is 2.67. The Labute approximate surface area is 71.1 Å². The van der Waals surface area contributed by atoms with E-state index in [9.17, 15) is 9.59 Å². The zero-order valence-corrected chi connectivity index (χ0v) is 7.28. The Kier molecular flexibility index (Phi) is 4.28. The first-order chi connectivity index (χ1) is 5.45. The van der Waals surface area contributed by atoms with E-state index in [1.807, 2.05) is 0 Å². The van der Waals surface area contributed by atoms with E-state index in [1.54, 1.807) is 7.05 Å². The predicted octanol–water partition coefficient (Wildman–Crippen LogP) is -0.733. The maximum Gasteiger partial charge on any atom is 0.320 e. The number of amides is 1. The highest BCUT2D eigenvalue weighted by Crippen LogP contribution is 1.92. The van der Waals surface area contributed by atoms with E-state index in [1.165, 1.54) is 11.8 Å². The molecule has 0 rings (SSSR count). The maximum atomic E-state index is 10.7. The molecule has 0 spiro atoms. The van der Waals surface area contributed by atoms with Gasteiger partial charge >= 0.3 is 5.97 Å². The van der Waals surface area contributed by atoms with E-state index in [2.05, 4.69) is 0 Å². The Morgan fingerprint density at radius 3 is 2.42 bits per heavy atom. The van der Waals surface area contributed by atoms with Crippen molar-refractivity contribution in [2.24, 2.45) is 5.73 Å². The number of carbonyl (C=O) groups excluding carboxylic acids is 1. The van der Waals surface area contributed by atoms with Gasteiger partial charge in [0.15, 0.2) is 0 Å². The van der Waals surface area contributed by atoms with Crippen molar-refractivity contribution in [2.45, 2.75) is 19.4 Å². The highest BCUT2D eigenvalue weighted by Gasteiger charge is 2.12. The van der Waals surface area contributed by atoms with Gasteiger partial charge in [0, 0.05) is 20.5 Å². The highest BCUT2D eigenvalue weighted by molar-refractivity contribution is 5.74. The van der Waals surface area contributed by atoms with Gasteiger partial charge < -0.3 is 15.7 Å². The summed E-state index contributed by atoms with van der Waals surface area (Å²) in [4.78, 5) is 22.4. The summed E-state index contributed by atoms with van der Waals surface area (Å²) < 4.78 is 0. The molecule has 0 aliphatic heterocycles. The minimum absolute atomic E-state index is 0.0902.